The van der Waals surface area contributed by atoms with Crippen molar-refractivity contribution in [3.63, 3.8) is 0 Å². The van der Waals surface area contributed by atoms with E-state index in [9.17, 15) is 4.79 Å². The Morgan fingerprint density at radius 1 is 1.25 bits per heavy atom. The number of benzene rings is 1. The third-order valence-electron chi connectivity index (χ3n) is 1.44. The molecular weight excluding hydrogens is 178 g/mol. The summed E-state index contributed by atoms with van der Waals surface area (Å²) >= 11 is 0. The Bertz CT molecular complexity index is 438. The summed E-state index contributed by atoms with van der Waals surface area (Å²) in [5.74, 6) is -0.552. The molecule has 0 unspecified atom stereocenters. The van der Waals surface area contributed by atoms with Gasteiger partial charge >= 0.3 is 5.76 Å². The first kappa shape index (κ1) is 8.74. The number of hydrogen-bond acceptors (Lipinski definition) is 3. The summed E-state index contributed by atoms with van der Waals surface area (Å²) in [7, 11) is 0. The Labute approximate surface area is 74.5 Å². The molecule has 0 spiro atoms. The molecule has 3 nitrogen and oxygen atoms in total. The van der Waals surface area contributed by atoms with Gasteiger partial charge in [0.2, 0.25) is 0 Å². The van der Waals surface area contributed by atoms with Crippen molar-refractivity contribution in [2.45, 2.75) is 0 Å². The Balaban J connectivity index is 0.000000720. The number of hydrogen-bond donors (Lipinski definition) is 0. The molecule has 0 aliphatic carbocycles. The quantitative estimate of drug-likeness (QED) is 0.623. The maximum atomic E-state index is 10.6. The molecule has 0 atom stereocenters. The maximum absolute atomic E-state index is 10.6. The Morgan fingerprint density at radius 3 is 2.83 bits per heavy atom. The van der Waals surface area contributed by atoms with Crippen molar-refractivity contribution < 1.29 is 4.42 Å². The normalized spacial score (nSPS) is 9.33. The SMILES string of the molecule is Cl.O=c1nc2ccccc2co1. The molecule has 0 fully saturated rings. The van der Waals surface area contributed by atoms with Crippen LogP contribution in [0.5, 0.6) is 0 Å². The number of aromatic nitrogens is 1. The average molecular weight is 184 g/mol. The third kappa shape index (κ3) is 1.46. The first-order valence-electron chi connectivity index (χ1n) is 3.21. The molecule has 1 aromatic carbocycles. The van der Waals surface area contributed by atoms with Crippen LogP contribution in [-0.2, 0) is 0 Å². The second-order valence-electron chi connectivity index (χ2n) is 2.17. The molecular formula is C8H6ClNO2. The highest BCUT2D eigenvalue weighted by Crippen LogP contribution is 2.06. The summed E-state index contributed by atoms with van der Waals surface area (Å²) in [6.45, 7) is 0. The number of rotatable bonds is 0. The first-order valence-corrected chi connectivity index (χ1v) is 3.21. The summed E-state index contributed by atoms with van der Waals surface area (Å²) in [5.41, 5.74) is 0.670. The molecule has 1 heterocycles. The standard InChI is InChI=1S/C8H5NO2.ClH/c10-8-9-7-4-2-1-3-6(7)5-11-8;/h1-5H;1H. The lowest BCUT2D eigenvalue weighted by Crippen LogP contribution is -2.01. The van der Waals surface area contributed by atoms with E-state index in [0.29, 0.717) is 5.52 Å². The van der Waals surface area contributed by atoms with E-state index in [1.165, 1.54) is 6.26 Å². The molecule has 0 radical (unpaired) electrons. The predicted molar refractivity (Wildman–Crippen MR) is 47.5 cm³/mol. The molecule has 0 aliphatic heterocycles. The fourth-order valence-electron chi connectivity index (χ4n) is 0.928. The molecule has 0 saturated carbocycles. The van der Waals surface area contributed by atoms with E-state index in [2.05, 4.69) is 9.40 Å². The van der Waals surface area contributed by atoms with E-state index < -0.39 is 5.76 Å². The highest BCUT2D eigenvalue weighted by molar-refractivity contribution is 5.85. The van der Waals surface area contributed by atoms with Crippen LogP contribution in [-0.4, -0.2) is 4.98 Å². The van der Waals surface area contributed by atoms with Crippen LogP contribution in [0, 0.1) is 0 Å². The van der Waals surface area contributed by atoms with E-state index in [1.807, 2.05) is 18.2 Å². The number of nitrogens with zero attached hydrogens (tertiary/aromatic N) is 1. The summed E-state index contributed by atoms with van der Waals surface area (Å²) in [6.07, 6.45) is 1.41. The highest BCUT2D eigenvalue weighted by atomic mass is 35.5. The lowest BCUT2D eigenvalue weighted by molar-refractivity contribution is 0.493. The van der Waals surface area contributed by atoms with E-state index in [1.54, 1.807) is 6.07 Å². The summed E-state index contributed by atoms with van der Waals surface area (Å²) in [5, 5.41) is 0.840. The number of fused-ring (bicyclic) bond motifs is 1. The minimum atomic E-state index is -0.552. The Kier molecular flexibility index (Phi) is 2.45. The maximum Gasteiger partial charge on any atom is 0.439 e. The average Bonchev–Trinajstić information content (AvgIpc) is 2.04. The van der Waals surface area contributed by atoms with Crippen LogP contribution >= 0.6 is 12.4 Å². The molecule has 2 aromatic rings. The number of para-hydroxylation sites is 1. The van der Waals surface area contributed by atoms with Gasteiger partial charge in [0, 0.05) is 5.39 Å². The Morgan fingerprint density at radius 2 is 2.00 bits per heavy atom. The van der Waals surface area contributed by atoms with Crippen molar-refractivity contribution in [2.24, 2.45) is 0 Å². The Hall–Kier alpha value is -1.35. The van der Waals surface area contributed by atoms with E-state index >= 15 is 0 Å². The van der Waals surface area contributed by atoms with Crippen molar-refractivity contribution in [2.75, 3.05) is 0 Å². The fraction of sp³-hybridized carbons (Fsp3) is 0. The largest absolute Gasteiger partial charge is 0.439 e. The number of halogens is 1. The van der Waals surface area contributed by atoms with Crippen LogP contribution in [0.3, 0.4) is 0 Å². The molecule has 2 rings (SSSR count). The van der Waals surface area contributed by atoms with Gasteiger partial charge in [0.05, 0.1) is 5.52 Å². The first-order chi connectivity index (χ1) is 5.36. The zero-order valence-corrected chi connectivity index (χ0v) is 6.88. The molecule has 62 valence electrons. The van der Waals surface area contributed by atoms with Crippen LogP contribution in [0.15, 0.2) is 39.7 Å². The lowest BCUT2D eigenvalue weighted by atomic mass is 10.2. The van der Waals surface area contributed by atoms with E-state index in [-0.39, 0.29) is 12.4 Å². The molecule has 0 saturated heterocycles. The van der Waals surface area contributed by atoms with E-state index in [0.717, 1.165) is 5.39 Å². The van der Waals surface area contributed by atoms with Gasteiger partial charge in [0.25, 0.3) is 0 Å². The van der Waals surface area contributed by atoms with Gasteiger partial charge in [0.15, 0.2) is 0 Å². The molecule has 0 aliphatic rings. The minimum Gasteiger partial charge on any atom is -0.416 e. The topological polar surface area (TPSA) is 43.1 Å². The van der Waals surface area contributed by atoms with Crippen molar-refractivity contribution in [1.82, 2.24) is 4.98 Å². The molecule has 1 aromatic heterocycles. The van der Waals surface area contributed by atoms with Crippen molar-refractivity contribution in [1.29, 1.82) is 0 Å². The third-order valence-corrected chi connectivity index (χ3v) is 1.44. The van der Waals surface area contributed by atoms with Crippen LogP contribution in [0.25, 0.3) is 10.9 Å². The summed E-state index contributed by atoms with van der Waals surface area (Å²) < 4.78 is 4.57. The van der Waals surface area contributed by atoms with Gasteiger partial charge in [-0.2, -0.15) is 4.98 Å². The van der Waals surface area contributed by atoms with Crippen LogP contribution < -0.4 is 5.76 Å². The van der Waals surface area contributed by atoms with Crippen LogP contribution in [0.1, 0.15) is 0 Å². The van der Waals surface area contributed by atoms with Gasteiger partial charge in [0.1, 0.15) is 6.26 Å². The minimum absolute atomic E-state index is 0. The van der Waals surface area contributed by atoms with Gasteiger partial charge in [-0.3, -0.25) is 0 Å². The molecule has 4 heteroatoms. The summed E-state index contributed by atoms with van der Waals surface area (Å²) in [6, 6.07) is 7.30. The van der Waals surface area contributed by atoms with Gasteiger partial charge in [-0.05, 0) is 12.1 Å². The van der Waals surface area contributed by atoms with Crippen molar-refractivity contribution >= 4 is 23.3 Å². The van der Waals surface area contributed by atoms with Gasteiger partial charge in [-0.1, -0.05) is 12.1 Å². The second-order valence-corrected chi connectivity index (χ2v) is 2.17. The second kappa shape index (κ2) is 3.36. The molecule has 0 N–H and O–H groups in total. The fourth-order valence-corrected chi connectivity index (χ4v) is 0.928. The highest BCUT2D eigenvalue weighted by Gasteiger charge is 1.93. The van der Waals surface area contributed by atoms with Crippen molar-refractivity contribution in [3.05, 3.63) is 41.1 Å². The van der Waals surface area contributed by atoms with Crippen LogP contribution in [0.4, 0.5) is 0 Å². The van der Waals surface area contributed by atoms with Gasteiger partial charge in [-0.25, -0.2) is 4.79 Å². The smallest absolute Gasteiger partial charge is 0.416 e. The zero-order chi connectivity index (χ0) is 7.68. The monoisotopic (exact) mass is 183 g/mol. The van der Waals surface area contributed by atoms with Gasteiger partial charge < -0.3 is 4.42 Å². The summed E-state index contributed by atoms with van der Waals surface area (Å²) in [4.78, 5) is 14.3. The lowest BCUT2D eigenvalue weighted by Gasteiger charge is -1.90. The van der Waals surface area contributed by atoms with Gasteiger partial charge in [-0.15, -0.1) is 12.4 Å². The molecule has 0 bridgehead atoms. The van der Waals surface area contributed by atoms with Crippen molar-refractivity contribution in [3.8, 4) is 0 Å². The van der Waals surface area contributed by atoms with E-state index in [4.69, 9.17) is 0 Å². The predicted octanol–water partition coefficient (Wildman–Crippen LogP) is 1.61. The zero-order valence-electron chi connectivity index (χ0n) is 6.06. The molecule has 12 heavy (non-hydrogen) atoms. The van der Waals surface area contributed by atoms with Crippen LogP contribution in [0.2, 0.25) is 0 Å². The molecule has 0 amide bonds.